The molecule has 0 saturated carbocycles. The van der Waals surface area contributed by atoms with Gasteiger partial charge < -0.3 is 4.74 Å². The maximum Gasteiger partial charge on any atom is 0.317 e. The predicted molar refractivity (Wildman–Crippen MR) is 78.3 cm³/mol. The topological polar surface area (TPSA) is 60.4 Å². The van der Waals surface area contributed by atoms with Crippen LogP contribution in [0.2, 0.25) is 0 Å². The van der Waals surface area contributed by atoms with E-state index >= 15 is 0 Å². The first kappa shape index (κ1) is 18.8. The van der Waals surface area contributed by atoms with E-state index in [1.807, 2.05) is 20.8 Å². The zero-order chi connectivity index (χ0) is 16.0. The number of ether oxygens (including phenoxy) is 1. The average Bonchev–Trinajstić information content (AvgIpc) is 2.24. The number of hydrogen-bond donors (Lipinski definition) is 0. The Balaban J connectivity index is 4.82. The highest BCUT2D eigenvalue weighted by Crippen LogP contribution is 2.30. The van der Waals surface area contributed by atoms with Gasteiger partial charge in [0.1, 0.15) is 11.5 Å². The Bertz CT molecular complexity index is 350. The molecule has 0 heterocycles. The Labute approximate surface area is 122 Å². The summed E-state index contributed by atoms with van der Waals surface area (Å²) >= 11 is 0. The number of esters is 1. The fraction of sp³-hybridized carbons (Fsp3) is 0.812. The second-order valence-electron chi connectivity index (χ2n) is 7.13. The zero-order valence-electron chi connectivity index (χ0n) is 13.6. The van der Waals surface area contributed by atoms with Crippen molar-refractivity contribution in [2.24, 2.45) is 11.3 Å². The van der Waals surface area contributed by atoms with E-state index in [1.165, 1.54) is 0 Å². The molecule has 0 aromatic rings. The second-order valence-corrected chi connectivity index (χ2v) is 7.13. The normalized spacial score (nSPS) is 13.7. The van der Waals surface area contributed by atoms with Gasteiger partial charge in [0.15, 0.2) is 6.29 Å². The van der Waals surface area contributed by atoms with E-state index in [4.69, 9.17) is 4.74 Å². The maximum atomic E-state index is 12.1. The number of rotatable bonds is 8. The quantitative estimate of drug-likeness (QED) is 0.297. The highest BCUT2D eigenvalue weighted by molar-refractivity contribution is 6.30. The van der Waals surface area contributed by atoms with Crippen LogP contribution in [0.3, 0.4) is 0 Å². The number of carbonyl (C=O) groups excluding carboxylic acids is 3. The Morgan fingerprint density at radius 1 is 1.15 bits per heavy atom. The van der Waals surface area contributed by atoms with E-state index in [-0.39, 0.29) is 11.7 Å². The van der Waals surface area contributed by atoms with Crippen molar-refractivity contribution in [2.45, 2.75) is 72.8 Å². The number of Topliss-reactive ketones (excluding diaryl/α,β-unsaturated/α-hetero) is 1. The zero-order valence-corrected chi connectivity index (χ0v) is 13.6. The Morgan fingerprint density at radius 3 is 2.10 bits per heavy atom. The molecule has 1 atom stereocenters. The molecular weight excluding hydrogens is 256 g/mol. The molecule has 0 bridgehead atoms. The largest absolute Gasteiger partial charge is 0.459 e. The average molecular weight is 284 g/mol. The summed E-state index contributed by atoms with van der Waals surface area (Å²) in [6.07, 6.45) is 2.86. The van der Waals surface area contributed by atoms with Crippen LogP contribution in [0.25, 0.3) is 0 Å². The minimum atomic E-state index is -0.952. The fourth-order valence-electron chi connectivity index (χ4n) is 2.52. The predicted octanol–water partition coefficient (Wildman–Crippen LogP) is 3.32. The van der Waals surface area contributed by atoms with E-state index in [0.29, 0.717) is 12.8 Å². The molecule has 0 aromatic carbocycles. The van der Waals surface area contributed by atoms with Gasteiger partial charge in [-0.15, -0.1) is 0 Å². The van der Waals surface area contributed by atoms with Crippen molar-refractivity contribution in [1.82, 2.24) is 0 Å². The van der Waals surface area contributed by atoms with Crippen molar-refractivity contribution < 1.29 is 19.1 Å². The molecule has 20 heavy (non-hydrogen) atoms. The molecule has 0 radical (unpaired) electrons. The second kappa shape index (κ2) is 7.55. The molecule has 0 aliphatic heterocycles. The molecular formula is C16H28O4. The van der Waals surface area contributed by atoms with Gasteiger partial charge >= 0.3 is 5.97 Å². The number of carbonyl (C=O) groups is 3. The van der Waals surface area contributed by atoms with Gasteiger partial charge in [-0.2, -0.15) is 0 Å². The standard InChI is InChI=1S/C16H28O4/c1-7-8-9-12(13(18)10-17)14(19)20-16(5,6)11-15(2,3)4/h10,12H,7-9,11H2,1-6H3. The summed E-state index contributed by atoms with van der Waals surface area (Å²) < 4.78 is 5.48. The molecule has 4 heteroatoms. The van der Waals surface area contributed by atoms with Crippen LogP contribution in [0.15, 0.2) is 0 Å². The van der Waals surface area contributed by atoms with Crippen LogP contribution in [-0.4, -0.2) is 23.6 Å². The van der Waals surface area contributed by atoms with Gasteiger partial charge in [0.25, 0.3) is 0 Å². The molecule has 0 aliphatic rings. The van der Waals surface area contributed by atoms with Gasteiger partial charge in [-0.3, -0.25) is 14.4 Å². The van der Waals surface area contributed by atoms with E-state index in [2.05, 4.69) is 20.8 Å². The van der Waals surface area contributed by atoms with Crippen molar-refractivity contribution in [3.8, 4) is 0 Å². The summed E-state index contributed by atoms with van der Waals surface area (Å²) in [5, 5.41) is 0. The van der Waals surface area contributed by atoms with Crippen molar-refractivity contribution in [2.75, 3.05) is 0 Å². The fourth-order valence-corrected chi connectivity index (χ4v) is 2.52. The van der Waals surface area contributed by atoms with Gasteiger partial charge in [-0.1, -0.05) is 40.5 Å². The third-order valence-electron chi connectivity index (χ3n) is 2.92. The summed E-state index contributed by atoms with van der Waals surface area (Å²) in [5.41, 5.74) is -0.639. The molecule has 4 nitrogen and oxygen atoms in total. The lowest BCUT2D eigenvalue weighted by molar-refractivity contribution is -0.166. The van der Waals surface area contributed by atoms with Crippen molar-refractivity contribution in [1.29, 1.82) is 0 Å². The number of ketones is 1. The van der Waals surface area contributed by atoms with Crippen LogP contribution < -0.4 is 0 Å². The van der Waals surface area contributed by atoms with Crippen LogP contribution >= 0.6 is 0 Å². The molecule has 0 aromatic heterocycles. The lowest BCUT2D eigenvalue weighted by Crippen LogP contribution is -2.37. The number of aldehydes is 1. The van der Waals surface area contributed by atoms with Gasteiger partial charge in [-0.25, -0.2) is 0 Å². The van der Waals surface area contributed by atoms with Gasteiger partial charge in [-0.05, 0) is 32.1 Å². The third kappa shape index (κ3) is 7.41. The monoisotopic (exact) mass is 284 g/mol. The van der Waals surface area contributed by atoms with Crippen molar-refractivity contribution >= 4 is 18.0 Å². The maximum absolute atomic E-state index is 12.1. The van der Waals surface area contributed by atoms with E-state index in [9.17, 15) is 14.4 Å². The lowest BCUT2D eigenvalue weighted by Gasteiger charge is -2.33. The summed E-state index contributed by atoms with van der Waals surface area (Å²) in [6, 6.07) is 0. The molecule has 0 amide bonds. The highest BCUT2D eigenvalue weighted by atomic mass is 16.6. The SMILES string of the molecule is CCCCC(C(=O)C=O)C(=O)OC(C)(C)CC(C)(C)C. The summed E-state index contributed by atoms with van der Waals surface area (Å²) in [4.78, 5) is 34.4. The summed E-state index contributed by atoms with van der Waals surface area (Å²) in [5.74, 6) is -2.22. The Morgan fingerprint density at radius 2 is 1.70 bits per heavy atom. The summed E-state index contributed by atoms with van der Waals surface area (Å²) in [6.45, 7) is 11.8. The van der Waals surface area contributed by atoms with Crippen LogP contribution in [-0.2, 0) is 19.1 Å². The Kier molecular flexibility index (Phi) is 7.11. The molecule has 0 spiro atoms. The first-order valence-electron chi connectivity index (χ1n) is 7.24. The van der Waals surface area contributed by atoms with Crippen molar-refractivity contribution in [3.63, 3.8) is 0 Å². The van der Waals surface area contributed by atoms with Gasteiger partial charge in [0, 0.05) is 0 Å². The van der Waals surface area contributed by atoms with Gasteiger partial charge in [0.05, 0.1) is 0 Å². The van der Waals surface area contributed by atoms with Crippen molar-refractivity contribution in [3.05, 3.63) is 0 Å². The number of unbranched alkanes of at least 4 members (excludes halogenated alkanes) is 1. The smallest absolute Gasteiger partial charge is 0.317 e. The molecule has 0 aliphatic carbocycles. The first-order chi connectivity index (χ1) is 9.02. The van der Waals surface area contributed by atoms with E-state index in [0.717, 1.165) is 12.8 Å². The third-order valence-corrected chi connectivity index (χ3v) is 2.92. The van der Waals surface area contributed by atoms with Gasteiger partial charge in [0.2, 0.25) is 5.78 Å². The molecule has 116 valence electrons. The number of hydrogen-bond acceptors (Lipinski definition) is 4. The van der Waals surface area contributed by atoms with Crippen LogP contribution in [0, 0.1) is 11.3 Å². The minimum absolute atomic E-state index is 0.0113. The highest BCUT2D eigenvalue weighted by Gasteiger charge is 2.34. The van der Waals surface area contributed by atoms with E-state index < -0.39 is 23.3 Å². The lowest BCUT2D eigenvalue weighted by atomic mass is 9.83. The van der Waals surface area contributed by atoms with Crippen LogP contribution in [0.5, 0.6) is 0 Å². The van der Waals surface area contributed by atoms with E-state index in [1.54, 1.807) is 0 Å². The molecule has 0 N–H and O–H groups in total. The van der Waals surface area contributed by atoms with Crippen LogP contribution in [0.1, 0.15) is 67.2 Å². The van der Waals surface area contributed by atoms with Crippen LogP contribution in [0.4, 0.5) is 0 Å². The minimum Gasteiger partial charge on any atom is -0.459 e. The molecule has 0 saturated heterocycles. The first-order valence-corrected chi connectivity index (χ1v) is 7.24. The molecule has 0 fully saturated rings. The molecule has 1 unspecified atom stereocenters. The Hall–Kier alpha value is -1.19. The molecule has 0 rings (SSSR count). The summed E-state index contributed by atoms with van der Waals surface area (Å²) in [7, 11) is 0.